The standard InChI is InChI=1S/C13H12BrFN2O2/c1-2-8-6-17(13(19)16-12(8)18)7-9-4-3-5-10(15)11(9)14/h3-6H,2,7H2,1H3,(H,16,18,19). The molecule has 100 valence electrons. The molecule has 4 nitrogen and oxygen atoms in total. The Morgan fingerprint density at radius 1 is 1.32 bits per heavy atom. The highest BCUT2D eigenvalue weighted by molar-refractivity contribution is 9.10. The summed E-state index contributed by atoms with van der Waals surface area (Å²) < 4.78 is 15.1. The first kappa shape index (κ1) is 13.7. The largest absolute Gasteiger partial charge is 0.328 e. The summed E-state index contributed by atoms with van der Waals surface area (Å²) in [4.78, 5) is 25.4. The van der Waals surface area contributed by atoms with E-state index in [-0.39, 0.29) is 17.9 Å². The number of rotatable bonds is 3. The summed E-state index contributed by atoms with van der Waals surface area (Å²) in [5, 5.41) is 0. The summed E-state index contributed by atoms with van der Waals surface area (Å²) in [6, 6.07) is 4.63. The van der Waals surface area contributed by atoms with Crippen molar-refractivity contribution in [1.82, 2.24) is 9.55 Å². The van der Waals surface area contributed by atoms with Crippen LogP contribution in [0.2, 0.25) is 0 Å². The zero-order valence-electron chi connectivity index (χ0n) is 10.2. The van der Waals surface area contributed by atoms with Gasteiger partial charge in [0.15, 0.2) is 0 Å². The Bertz CT molecular complexity index is 721. The van der Waals surface area contributed by atoms with Crippen LogP contribution >= 0.6 is 15.9 Å². The Labute approximate surface area is 117 Å². The Kier molecular flexibility index (Phi) is 3.99. The molecule has 1 N–H and O–H groups in total. The smallest absolute Gasteiger partial charge is 0.296 e. The van der Waals surface area contributed by atoms with E-state index in [9.17, 15) is 14.0 Å². The zero-order valence-corrected chi connectivity index (χ0v) is 11.8. The normalized spacial score (nSPS) is 10.7. The fraction of sp³-hybridized carbons (Fsp3) is 0.231. The van der Waals surface area contributed by atoms with Crippen LogP contribution in [-0.4, -0.2) is 9.55 Å². The average Bonchev–Trinajstić information content (AvgIpc) is 2.38. The molecule has 0 spiro atoms. The van der Waals surface area contributed by atoms with Gasteiger partial charge in [-0.1, -0.05) is 19.1 Å². The minimum absolute atomic E-state index is 0.195. The van der Waals surface area contributed by atoms with Crippen molar-refractivity contribution in [3.8, 4) is 0 Å². The predicted octanol–water partition coefficient (Wildman–Crippen LogP) is 2.05. The average molecular weight is 327 g/mol. The van der Waals surface area contributed by atoms with Gasteiger partial charge in [-0.05, 0) is 34.0 Å². The molecule has 2 rings (SSSR count). The van der Waals surface area contributed by atoms with Crippen LogP contribution in [0.15, 0.2) is 38.5 Å². The molecule has 0 radical (unpaired) electrons. The molecule has 0 amide bonds. The number of hydrogen-bond donors (Lipinski definition) is 1. The van der Waals surface area contributed by atoms with Gasteiger partial charge in [0, 0.05) is 11.8 Å². The van der Waals surface area contributed by atoms with Crippen molar-refractivity contribution in [2.24, 2.45) is 0 Å². The lowest BCUT2D eigenvalue weighted by Gasteiger charge is -2.09. The number of aromatic nitrogens is 2. The van der Waals surface area contributed by atoms with Crippen LogP contribution in [0.3, 0.4) is 0 Å². The lowest BCUT2D eigenvalue weighted by Crippen LogP contribution is -2.31. The van der Waals surface area contributed by atoms with Gasteiger partial charge in [0.2, 0.25) is 0 Å². The van der Waals surface area contributed by atoms with Gasteiger partial charge in [-0.15, -0.1) is 0 Å². The monoisotopic (exact) mass is 326 g/mol. The number of halogens is 2. The van der Waals surface area contributed by atoms with Crippen molar-refractivity contribution < 1.29 is 4.39 Å². The molecule has 1 aromatic carbocycles. The highest BCUT2D eigenvalue weighted by Crippen LogP contribution is 2.20. The molecule has 6 heteroatoms. The van der Waals surface area contributed by atoms with E-state index in [0.29, 0.717) is 22.0 Å². The Morgan fingerprint density at radius 2 is 2.05 bits per heavy atom. The minimum atomic E-state index is -0.502. The summed E-state index contributed by atoms with van der Waals surface area (Å²) in [7, 11) is 0. The van der Waals surface area contributed by atoms with E-state index in [1.807, 2.05) is 6.92 Å². The van der Waals surface area contributed by atoms with Crippen molar-refractivity contribution in [1.29, 1.82) is 0 Å². The molecule has 1 aromatic heterocycles. The van der Waals surface area contributed by atoms with Gasteiger partial charge in [0.1, 0.15) is 5.82 Å². The van der Waals surface area contributed by atoms with Crippen LogP contribution in [-0.2, 0) is 13.0 Å². The number of nitrogens with zero attached hydrogens (tertiary/aromatic N) is 1. The van der Waals surface area contributed by atoms with Gasteiger partial charge in [-0.2, -0.15) is 0 Å². The van der Waals surface area contributed by atoms with Gasteiger partial charge in [0.05, 0.1) is 11.0 Å². The zero-order chi connectivity index (χ0) is 14.0. The quantitative estimate of drug-likeness (QED) is 0.938. The first-order valence-electron chi connectivity index (χ1n) is 5.78. The Morgan fingerprint density at radius 3 is 2.74 bits per heavy atom. The fourth-order valence-electron chi connectivity index (χ4n) is 1.78. The fourth-order valence-corrected chi connectivity index (χ4v) is 2.17. The van der Waals surface area contributed by atoms with Crippen molar-refractivity contribution in [2.75, 3.05) is 0 Å². The van der Waals surface area contributed by atoms with Crippen LogP contribution in [0.5, 0.6) is 0 Å². The van der Waals surface area contributed by atoms with Crippen molar-refractivity contribution in [3.63, 3.8) is 0 Å². The Balaban J connectivity index is 2.47. The van der Waals surface area contributed by atoms with E-state index in [2.05, 4.69) is 20.9 Å². The number of aryl methyl sites for hydroxylation is 1. The lowest BCUT2D eigenvalue weighted by molar-refractivity contribution is 0.613. The summed E-state index contributed by atoms with van der Waals surface area (Å²) in [6.07, 6.45) is 2.04. The van der Waals surface area contributed by atoms with Crippen LogP contribution in [0.25, 0.3) is 0 Å². The number of hydrogen-bond acceptors (Lipinski definition) is 2. The van der Waals surface area contributed by atoms with Gasteiger partial charge in [-0.3, -0.25) is 14.3 Å². The summed E-state index contributed by atoms with van der Waals surface area (Å²) >= 11 is 3.15. The van der Waals surface area contributed by atoms with Crippen LogP contribution in [0.1, 0.15) is 18.1 Å². The van der Waals surface area contributed by atoms with Crippen LogP contribution in [0, 0.1) is 5.82 Å². The molecule has 0 bridgehead atoms. The number of H-pyrrole nitrogens is 1. The van der Waals surface area contributed by atoms with E-state index in [1.165, 1.54) is 16.8 Å². The number of benzene rings is 1. The maximum Gasteiger partial charge on any atom is 0.328 e. The molecule has 0 saturated heterocycles. The van der Waals surface area contributed by atoms with E-state index < -0.39 is 5.69 Å². The third-order valence-corrected chi connectivity index (χ3v) is 3.73. The van der Waals surface area contributed by atoms with Crippen molar-refractivity contribution >= 4 is 15.9 Å². The minimum Gasteiger partial charge on any atom is -0.296 e. The van der Waals surface area contributed by atoms with Crippen LogP contribution in [0.4, 0.5) is 4.39 Å². The third-order valence-electron chi connectivity index (χ3n) is 2.84. The van der Waals surface area contributed by atoms with Crippen molar-refractivity contribution in [2.45, 2.75) is 19.9 Å². The summed E-state index contributed by atoms with van der Waals surface area (Å²) in [5.74, 6) is -0.384. The SMILES string of the molecule is CCc1cn(Cc2cccc(F)c2Br)c(=O)[nH]c1=O. The molecular weight excluding hydrogens is 315 g/mol. The molecule has 0 aliphatic rings. The molecule has 0 aliphatic carbocycles. The highest BCUT2D eigenvalue weighted by atomic mass is 79.9. The maximum atomic E-state index is 13.4. The molecule has 19 heavy (non-hydrogen) atoms. The third kappa shape index (κ3) is 2.84. The van der Waals surface area contributed by atoms with Crippen molar-refractivity contribution in [3.05, 3.63) is 66.7 Å². The summed E-state index contributed by atoms with van der Waals surface area (Å²) in [5.41, 5.74) is 0.281. The van der Waals surface area contributed by atoms with Gasteiger partial charge < -0.3 is 0 Å². The van der Waals surface area contributed by atoms with Gasteiger partial charge >= 0.3 is 5.69 Å². The second-order valence-corrected chi connectivity index (χ2v) is 4.90. The van der Waals surface area contributed by atoms with E-state index in [1.54, 1.807) is 12.1 Å². The second kappa shape index (κ2) is 5.52. The highest BCUT2D eigenvalue weighted by Gasteiger charge is 2.08. The predicted molar refractivity (Wildman–Crippen MR) is 73.9 cm³/mol. The van der Waals surface area contributed by atoms with Gasteiger partial charge in [-0.25, -0.2) is 9.18 Å². The first-order chi connectivity index (χ1) is 9.02. The molecule has 0 aliphatic heterocycles. The van der Waals surface area contributed by atoms with E-state index >= 15 is 0 Å². The van der Waals surface area contributed by atoms with E-state index in [0.717, 1.165) is 0 Å². The molecule has 0 fully saturated rings. The van der Waals surface area contributed by atoms with Gasteiger partial charge in [0.25, 0.3) is 5.56 Å². The first-order valence-corrected chi connectivity index (χ1v) is 6.57. The Hall–Kier alpha value is -1.69. The molecular formula is C13H12BrFN2O2. The summed E-state index contributed by atoms with van der Waals surface area (Å²) in [6.45, 7) is 2.03. The van der Waals surface area contributed by atoms with Crippen LogP contribution < -0.4 is 11.2 Å². The molecule has 1 heterocycles. The lowest BCUT2D eigenvalue weighted by atomic mass is 10.2. The molecule has 2 aromatic rings. The topological polar surface area (TPSA) is 54.9 Å². The number of aromatic amines is 1. The molecule has 0 unspecified atom stereocenters. The molecule has 0 atom stereocenters. The van der Waals surface area contributed by atoms with E-state index in [4.69, 9.17) is 0 Å². The maximum absolute atomic E-state index is 13.4. The number of nitrogens with one attached hydrogen (secondary N) is 1. The molecule has 0 saturated carbocycles. The second-order valence-electron chi connectivity index (χ2n) is 4.11.